The molecule has 1 heterocycles. The van der Waals surface area contributed by atoms with Gasteiger partial charge in [-0.05, 0) is 41.9 Å². The molecule has 1 aliphatic heterocycles. The summed E-state index contributed by atoms with van der Waals surface area (Å²) in [4.78, 5) is 2.37. The van der Waals surface area contributed by atoms with Gasteiger partial charge in [0, 0.05) is 32.4 Å². The second kappa shape index (κ2) is 5.96. The van der Waals surface area contributed by atoms with Gasteiger partial charge in [-0.3, -0.25) is 0 Å². The second-order valence-corrected chi connectivity index (χ2v) is 6.61. The van der Waals surface area contributed by atoms with E-state index in [0.29, 0.717) is 5.41 Å². The highest BCUT2D eigenvalue weighted by atomic mass is 15.1. The van der Waals surface area contributed by atoms with Crippen LogP contribution in [0.5, 0.6) is 0 Å². The maximum absolute atomic E-state index is 3.60. The van der Waals surface area contributed by atoms with Crippen molar-refractivity contribution in [1.82, 2.24) is 5.32 Å². The summed E-state index contributed by atoms with van der Waals surface area (Å²) in [6, 6.07) is 6.94. The Morgan fingerprint density at radius 2 is 2.11 bits per heavy atom. The third kappa shape index (κ3) is 3.73. The first-order valence-electron chi connectivity index (χ1n) is 7.55. The van der Waals surface area contributed by atoms with Crippen molar-refractivity contribution in [3.8, 4) is 0 Å². The number of nitrogens with zero attached hydrogens (tertiary/aromatic N) is 1. The molecule has 19 heavy (non-hydrogen) atoms. The Bertz CT molecular complexity index is 423. The topological polar surface area (TPSA) is 15.3 Å². The molecule has 0 bridgehead atoms. The van der Waals surface area contributed by atoms with E-state index in [1.807, 2.05) is 0 Å². The Balaban J connectivity index is 1.95. The second-order valence-electron chi connectivity index (χ2n) is 6.61. The van der Waals surface area contributed by atoms with Crippen molar-refractivity contribution in [2.45, 2.75) is 46.6 Å². The zero-order valence-corrected chi connectivity index (χ0v) is 12.9. The molecule has 0 saturated heterocycles. The first-order valence-corrected chi connectivity index (χ1v) is 7.55. The number of nitrogens with one attached hydrogen (secondary N) is 1. The first-order chi connectivity index (χ1) is 9.02. The Hall–Kier alpha value is -1.02. The predicted octanol–water partition coefficient (Wildman–Crippen LogP) is 3.59. The Morgan fingerprint density at radius 1 is 1.32 bits per heavy atom. The minimum absolute atomic E-state index is 0.397. The maximum Gasteiger partial charge on any atom is 0.0396 e. The van der Waals surface area contributed by atoms with E-state index < -0.39 is 0 Å². The van der Waals surface area contributed by atoms with Gasteiger partial charge in [0.15, 0.2) is 0 Å². The van der Waals surface area contributed by atoms with Crippen molar-refractivity contribution >= 4 is 5.69 Å². The molecule has 1 aliphatic rings. The van der Waals surface area contributed by atoms with Crippen LogP contribution >= 0.6 is 0 Å². The summed E-state index contributed by atoms with van der Waals surface area (Å²) < 4.78 is 0. The van der Waals surface area contributed by atoms with Crippen LogP contribution in [0.2, 0.25) is 0 Å². The van der Waals surface area contributed by atoms with E-state index in [9.17, 15) is 0 Å². The SMILES string of the molecule is CCC(C)(C)CNCc1ccc2c(c1)CCCN2C. The normalized spacial score (nSPS) is 15.5. The number of anilines is 1. The summed E-state index contributed by atoms with van der Waals surface area (Å²) in [7, 11) is 2.19. The van der Waals surface area contributed by atoms with E-state index in [4.69, 9.17) is 0 Å². The van der Waals surface area contributed by atoms with Gasteiger partial charge in [0.25, 0.3) is 0 Å². The van der Waals surface area contributed by atoms with Gasteiger partial charge in [0.2, 0.25) is 0 Å². The number of rotatable bonds is 5. The van der Waals surface area contributed by atoms with Crippen molar-refractivity contribution in [1.29, 1.82) is 0 Å². The third-order valence-corrected chi connectivity index (χ3v) is 4.38. The summed E-state index contributed by atoms with van der Waals surface area (Å²) in [6.45, 7) is 10.2. The quantitative estimate of drug-likeness (QED) is 0.870. The highest BCUT2D eigenvalue weighted by molar-refractivity contribution is 5.56. The average Bonchev–Trinajstić information content (AvgIpc) is 2.39. The summed E-state index contributed by atoms with van der Waals surface area (Å²) >= 11 is 0. The van der Waals surface area contributed by atoms with Crippen LogP contribution in [0.3, 0.4) is 0 Å². The lowest BCUT2D eigenvalue weighted by molar-refractivity contribution is 0.327. The number of fused-ring (bicyclic) bond motifs is 1. The third-order valence-electron chi connectivity index (χ3n) is 4.38. The minimum Gasteiger partial charge on any atom is -0.374 e. The molecule has 0 spiro atoms. The van der Waals surface area contributed by atoms with Crippen molar-refractivity contribution in [2.75, 3.05) is 25.0 Å². The lowest BCUT2D eigenvalue weighted by Gasteiger charge is -2.28. The number of hydrogen-bond donors (Lipinski definition) is 1. The summed E-state index contributed by atoms with van der Waals surface area (Å²) in [5.74, 6) is 0. The highest BCUT2D eigenvalue weighted by Gasteiger charge is 2.15. The average molecular weight is 260 g/mol. The van der Waals surface area contributed by atoms with Crippen molar-refractivity contribution in [3.05, 3.63) is 29.3 Å². The minimum atomic E-state index is 0.397. The van der Waals surface area contributed by atoms with Gasteiger partial charge >= 0.3 is 0 Å². The molecule has 1 aromatic carbocycles. The monoisotopic (exact) mass is 260 g/mol. The molecule has 0 amide bonds. The fourth-order valence-corrected chi connectivity index (χ4v) is 2.62. The van der Waals surface area contributed by atoms with Crippen molar-refractivity contribution in [3.63, 3.8) is 0 Å². The maximum atomic E-state index is 3.60. The lowest BCUT2D eigenvalue weighted by atomic mass is 9.90. The zero-order chi connectivity index (χ0) is 13.9. The van der Waals surface area contributed by atoms with Gasteiger partial charge in [0.05, 0.1) is 0 Å². The largest absolute Gasteiger partial charge is 0.374 e. The number of aryl methyl sites for hydroxylation is 1. The highest BCUT2D eigenvalue weighted by Crippen LogP contribution is 2.26. The van der Waals surface area contributed by atoms with Gasteiger partial charge in [-0.15, -0.1) is 0 Å². The molecule has 0 fully saturated rings. The van der Waals surface area contributed by atoms with Crippen molar-refractivity contribution < 1.29 is 0 Å². The molecule has 2 nitrogen and oxygen atoms in total. The Morgan fingerprint density at radius 3 is 2.84 bits per heavy atom. The standard InChI is InChI=1S/C17H28N2/c1-5-17(2,3)13-18-12-14-8-9-16-15(11-14)7-6-10-19(16)4/h8-9,11,18H,5-7,10,12-13H2,1-4H3. The van der Waals surface area contributed by atoms with Crippen LogP contribution in [0.25, 0.3) is 0 Å². The van der Waals surface area contributed by atoms with E-state index in [-0.39, 0.29) is 0 Å². The molecular formula is C17H28N2. The van der Waals surface area contributed by atoms with E-state index in [1.54, 1.807) is 0 Å². The molecule has 1 aromatic rings. The molecule has 106 valence electrons. The molecule has 2 rings (SSSR count). The van der Waals surface area contributed by atoms with E-state index >= 15 is 0 Å². The fraction of sp³-hybridized carbons (Fsp3) is 0.647. The van der Waals surface area contributed by atoms with Crippen LogP contribution in [-0.2, 0) is 13.0 Å². The van der Waals surface area contributed by atoms with Crippen LogP contribution in [0.4, 0.5) is 5.69 Å². The van der Waals surface area contributed by atoms with E-state index in [2.05, 4.69) is 56.2 Å². The lowest BCUT2D eigenvalue weighted by Crippen LogP contribution is -2.28. The molecule has 0 unspecified atom stereocenters. The summed E-state index contributed by atoms with van der Waals surface area (Å²) in [6.07, 6.45) is 3.73. The van der Waals surface area contributed by atoms with Crippen LogP contribution < -0.4 is 10.2 Å². The van der Waals surface area contributed by atoms with Crippen LogP contribution in [0, 0.1) is 5.41 Å². The molecule has 2 heteroatoms. The van der Waals surface area contributed by atoms with Gasteiger partial charge in [0.1, 0.15) is 0 Å². The van der Waals surface area contributed by atoms with Crippen LogP contribution in [0.1, 0.15) is 44.7 Å². The zero-order valence-electron chi connectivity index (χ0n) is 12.9. The van der Waals surface area contributed by atoms with E-state index in [0.717, 1.165) is 13.1 Å². The van der Waals surface area contributed by atoms with Gasteiger partial charge in [-0.2, -0.15) is 0 Å². The van der Waals surface area contributed by atoms with Crippen molar-refractivity contribution in [2.24, 2.45) is 5.41 Å². The number of benzene rings is 1. The Kier molecular flexibility index (Phi) is 4.51. The Labute approximate surface area is 118 Å². The molecule has 0 saturated carbocycles. The fourth-order valence-electron chi connectivity index (χ4n) is 2.62. The molecule has 1 N–H and O–H groups in total. The van der Waals surface area contributed by atoms with Crippen LogP contribution in [-0.4, -0.2) is 20.1 Å². The van der Waals surface area contributed by atoms with Gasteiger partial charge in [-0.25, -0.2) is 0 Å². The first kappa shape index (κ1) is 14.4. The molecule has 0 atom stereocenters. The van der Waals surface area contributed by atoms with Gasteiger partial charge < -0.3 is 10.2 Å². The van der Waals surface area contributed by atoms with E-state index in [1.165, 1.54) is 42.6 Å². The van der Waals surface area contributed by atoms with Crippen LogP contribution in [0.15, 0.2) is 18.2 Å². The molecule has 0 aliphatic carbocycles. The van der Waals surface area contributed by atoms with Gasteiger partial charge in [-0.1, -0.05) is 32.9 Å². The number of hydrogen-bond acceptors (Lipinski definition) is 2. The molecular weight excluding hydrogens is 232 g/mol. The smallest absolute Gasteiger partial charge is 0.0396 e. The molecule has 0 radical (unpaired) electrons. The summed E-state index contributed by atoms with van der Waals surface area (Å²) in [5.41, 5.74) is 4.75. The molecule has 0 aromatic heterocycles. The summed E-state index contributed by atoms with van der Waals surface area (Å²) in [5, 5.41) is 3.60. The predicted molar refractivity (Wildman–Crippen MR) is 83.8 cm³/mol.